The minimum absolute atomic E-state index is 0.0351. The molecule has 0 atom stereocenters. The van der Waals surface area contributed by atoms with Crippen molar-refractivity contribution < 1.29 is 14.5 Å². The van der Waals surface area contributed by atoms with E-state index in [-0.39, 0.29) is 11.3 Å². The molecule has 1 N–H and O–H groups in total. The van der Waals surface area contributed by atoms with Crippen molar-refractivity contribution in [3.63, 3.8) is 0 Å². The zero-order valence-electron chi connectivity index (χ0n) is 12.3. The lowest BCUT2D eigenvalue weighted by molar-refractivity contribution is -0.385. The van der Waals surface area contributed by atoms with Crippen LogP contribution in [0, 0.1) is 10.1 Å². The second-order valence-electron chi connectivity index (χ2n) is 4.82. The van der Waals surface area contributed by atoms with Crippen molar-refractivity contribution in [2.45, 2.75) is 19.8 Å². The maximum atomic E-state index is 12.2. The van der Waals surface area contributed by atoms with E-state index in [9.17, 15) is 14.9 Å². The molecule has 22 heavy (non-hydrogen) atoms. The molecule has 0 spiro atoms. The van der Waals surface area contributed by atoms with Crippen LogP contribution in [0.4, 0.5) is 10.8 Å². The molecule has 0 aliphatic heterocycles. The van der Waals surface area contributed by atoms with E-state index in [0.717, 1.165) is 4.88 Å². The molecule has 0 aliphatic rings. The Labute approximate surface area is 131 Å². The Morgan fingerprint density at radius 2 is 2.18 bits per heavy atom. The van der Waals surface area contributed by atoms with Gasteiger partial charge in [0.05, 0.1) is 18.1 Å². The second kappa shape index (κ2) is 6.52. The Morgan fingerprint density at radius 3 is 2.73 bits per heavy atom. The Morgan fingerprint density at radius 1 is 1.45 bits per heavy atom. The molecule has 0 radical (unpaired) electrons. The molecule has 116 valence electrons. The number of nitrogens with one attached hydrogen (secondary N) is 1. The van der Waals surface area contributed by atoms with Crippen LogP contribution >= 0.6 is 11.3 Å². The predicted octanol–water partition coefficient (Wildman–Crippen LogP) is 3.44. The lowest BCUT2D eigenvalue weighted by atomic mass is 10.1. The molecule has 0 unspecified atom stereocenters. The van der Waals surface area contributed by atoms with Crippen LogP contribution in [0.25, 0.3) is 0 Å². The van der Waals surface area contributed by atoms with Crippen molar-refractivity contribution >= 4 is 28.1 Å². The van der Waals surface area contributed by atoms with Gasteiger partial charge in [-0.15, -0.1) is 11.3 Å². The Balaban J connectivity index is 2.26. The fourth-order valence-electron chi connectivity index (χ4n) is 1.76. The van der Waals surface area contributed by atoms with Gasteiger partial charge in [-0.2, -0.15) is 0 Å². The van der Waals surface area contributed by atoms with Crippen LogP contribution in [0.15, 0.2) is 24.4 Å². The lowest BCUT2D eigenvalue weighted by Crippen LogP contribution is -2.13. The van der Waals surface area contributed by atoms with E-state index < -0.39 is 10.8 Å². The molecule has 2 rings (SSSR count). The summed E-state index contributed by atoms with van der Waals surface area (Å²) in [7, 11) is 1.40. The van der Waals surface area contributed by atoms with Crippen molar-refractivity contribution in [2.75, 3.05) is 12.4 Å². The molecule has 1 aromatic heterocycles. The van der Waals surface area contributed by atoms with Gasteiger partial charge in [-0.3, -0.25) is 20.2 Å². The van der Waals surface area contributed by atoms with Gasteiger partial charge < -0.3 is 4.74 Å². The number of nitro benzene ring substituents is 1. The van der Waals surface area contributed by atoms with Crippen LogP contribution in [-0.2, 0) is 0 Å². The van der Waals surface area contributed by atoms with Crippen LogP contribution < -0.4 is 10.1 Å². The summed E-state index contributed by atoms with van der Waals surface area (Å²) < 4.78 is 4.94. The smallest absolute Gasteiger partial charge is 0.285 e. The average molecular weight is 321 g/mol. The maximum absolute atomic E-state index is 12.2. The number of amides is 1. The van der Waals surface area contributed by atoms with Gasteiger partial charge in [0.15, 0.2) is 5.13 Å². The summed E-state index contributed by atoms with van der Waals surface area (Å²) in [6, 6.07) is 4.09. The lowest BCUT2D eigenvalue weighted by Gasteiger charge is -2.05. The summed E-state index contributed by atoms with van der Waals surface area (Å²) in [5.41, 5.74) is -0.343. The first kappa shape index (κ1) is 15.9. The molecule has 0 fully saturated rings. The number of hydrogen-bond acceptors (Lipinski definition) is 6. The fourth-order valence-corrected chi connectivity index (χ4v) is 2.57. The number of benzene rings is 1. The van der Waals surface area contributed by atoms with Crippen LogP contribution in [0.2, 0.25) is 0 Å². The van der Waals surface area contributed by atoms with Gasteiger partial charge in [0.1, 0.15) is 11.3 Å². The fraction of sp³-hybridized carbons (Fsp3) is 0.286. The van der Waals surface area contributed by atoms with Gasteiger partial charge in [-0.05, 0) is 18.1 Å². The second-order valence-corrected chi connectivity index (χ2v) is 5.88. The molecule has 1 heterocycles. The van der Waals surface area contributed by atoms with E-state index in [1.165, 1.54) is 36.6 Å². The van der Waals surface area contributed by atoms with Crippen LogP contribution in [-0.4, -0.2) is 22.9 Å². The zero-order valence-corrected chi connectivity index (χ0v) is 13.1. The zero-order chi connectivity index (χ0) is 16.3. The van der Waals surface area contributed by atoms with Crippen molar-refractivity contribution in [3.8, 4) is 5.75 Å². The molecule has 0 saturated heterocycles. The van der Waals surface area contributed by atoms with Crippen molar-refractivity contribution in [1.82, 2.24) is 4.98 Å². The normalized spacial score (nSPS) is 10.5. The maximum Gasteiger partial charge on any atom is 0.285 e. The summed E-state index contributed by atoms with van der Waals surface area (Å²) in [5.74, 6) is 0.0528. The Hall–Kier alpha value is -2.48. The van der Waals surface area contributed by atoms with E-state index in [2.05, 4.69) is 10.3 Å². The monoisotopic (exact) mass is 321 g/mol. The number of aromatic nitrogens is 1. The minimum Gasteiger partial charge on any atom is -0.497 e. The highest BCUT2D eigenvalue weighted by molar-refractivity contribution is 7.15. The first-order chi connectivity index (χ1) is 10.4. The molecule has 8 heteroatoms. The number of carbonyl (C=O) groups excluding carboxylic acids is 1. The standard InChI is InChI=1S/C14H15N3O4S/c1-8(2)12-7-15-14(22-12)16-13(18)10-5-4-9(21-3)6-11(10)17(19)20/h4-8H,1-3H3,(H,15,16,18). The summed E-state index contributed by atoms with van der Waals surface area (Å²) in [4.78, 5) is 27.8. The van der Waals surface area contributed by atoms with E-state index in [4.69, 9.17) is 4.74 Å². The van der Waals surface area contributed by atoms with Crippen LogP contribution in [0.5, 0.6) is 5.75 Å². The molecule has 2 aromatic rings. The Bertz CT molecular complexity index is 712. The minimum atomic E-state index is -0.612. The molecule has 7 nitrogen and oxygen atoms in total. The van der Waals surface area contributed by atoms with E-state index in [1.807, 2.05) is 13.8 Å². The van der Waals surface area contributed by atoms with E-state index in [0.29, 0.717) is 16.8 Å². The third kappa shape index (κ3) is 3.40. The molecule has 0 aliphatic carbocycles. The molecular weight excluding hydrogens is 306 g/mol. The number of methoxy groups -OCH3 is 1. The van der Waals surface area contributed by atoms with Crippen LogP contribution in [0.1, 0.15) is 35.0 Å². The first-order valence-corrected chi connectivity index (χ1v) is 7.33. The summed E-state index contributed by atoms with van der Waals surface area (Å²) in [5, 5.41) is 14.1. The number of carbonyl (C=O) groups is 1. The topological polar surface area (TPSA) is 94.4 Å². The van der Waals surface area contributed by atoms with Crippen molar-refractivity contribution in [2.24, 2.45) is 0 Å². The average Bonchev–Trinajstić information content (AvgIpc) is 2.95. The highest BCUT2D eigenvalue weighted by Crippen LogP contribution is 2.28. The number of hydrogen-bond donors (Lipinski definition) is 1. The van der Waals surface area contributed by atoms with E-state index >= 15 is 0 Å². The third-order valence-electron chi connectivity index (χ3n) is 2.96. The largest absolute Gasteiger partial charge is 0.497 e. The van der Waals surface area contributed by atoms with Gasteiger partial charge in [-0.1, -0.05) is 13.8 Å². The van der Waals surface area contributed by atoms with Gasteiger partial charge in [0.2, 0.25) is 0 Å². The quantitative estimate of drug-likeness (QED) is 0.672. The summed E-state index contributed by atoms with van der Waals surface area (Å²) in [6.07, 6.45) is 1.69. The highest BCUT2D eigenvalue weighted by Gasteiger charge is 2.22. The van der Waals surface area contributed by atoms with Gasteiger partial charge in [0.25, 0.3) is 11.6 Å². The summed E-state index contributed by atoms with van der Waals surface area (Å²) >= 11 is 1.35. The van der Waals surface area contributed by atoms with Crippen molar-refractivity contribution in [3.05, 3.63) is 45.0 Å². The van der Waals surface area contributed by atoms with Gasteiger partial charge in [-0.25, -0.2) is 4.98 Å². The molecule has 1 aromatic carbocycles. The first-order valence-electron chi connectivity index (χ1n) is 6.52. The van der Waals surface area contributed by atoms with Gasteiger partial charge >= 0.3 is 0 Å². The number of thiazole rings is 1. The molecule has 1 amide bonds. The SMILES string of the molecule is COc1ccc(C(=O)Nc2ncc(C(C)C)s2)c([N+](=O)[O-])c1. The number of nitrogens with zero attached hydrogens (tertiary/aromatic N) is 2. The molecule has 0 saturated carbocycles. The number of anilines is 1. The van der Waals surface area contributed by atoms with Gasteiger partial charge in [0, 0.05) is 11.1 Å². The third-order valence-corrected chi connectivity index (χ3v) is 4.17. The van der Waals surface area contributed by atoms with E-state index in [1.54, 1.807) is 6.20 Å². The molecular formula is C14H15N3O4S. The predicted molar refractivity (Wildman–Crippen MR) is 83.8 cm³/mol. The number of ether oxygens (including phenoxy) is 1. The van der Waals surface area contributed by atoms with Crippen LogP contribution in [0.3, 0.4) is 0 Å². The van der Waals surface area contributed by atoms with Crippen molar-refractivity contribution in [1.29, 1.82) is 0 Å². The summed E-state index contributed by atoms with van der Waals surface area (Å²) in [6.45, 7) is 4.04. The number of rotatable bonds is 5. The number of nitro groups is 1. The molecule has 0 bridgehead atoms. The highest BCUT2D eigenvalue weighted by atomic mass is 32.1. The Kier molecular flexibility index (Phi) is 4.71.